The average molecular weight is 290 g/mol. The van der Waals surface area contributed by atoms with Crippen molar-refractivity contribution in [1.29, 1.82) is 0 Å². The summed E-state index contributed by atoms with van der Waals surface area (Å²) < 4.78 is 2.07. The lowest BCUT2D eigenvalue weighted by Crippen LogP contribution is -2.62. The van der Waals surface area contributed by atoms with Crippen LogP contribution in [0.4, 0.5) is 0 Å². The van der Waals surface area contributed by atoms with Gasteiger partial charge in [0.2, 0.25) is 0 Å². The molecule has 4 heteroatoms. The SMILES string of the molecule is CCC1(C)CN(Cc2ccn(C(C)C)n2)C(C2CC2)CN1. The van der Waals surface area contributed by atoms with Gasteiger partial charge in [-0.1, -0.05) is 6.92 Å². The highest BCUT2D eigenvalue weighted by Gasteiger charge is 2.41. The molecule has 3 rings (SSSR count). The van der Waals surface area contributed by atoms with E-state index in [1.165, 1.54) is 25.0 Å². The van der Waals surface area contributed by atoms with Gasteiger partial charge in [-0.25, -0.2) is 0 Å². The Hall–Kier alpha value is -0.870. The molecule has 1 N–H and O–H groups in total. The fourth-order valence-electron chi connectivity index (χ4n) is 3.41. The highest BCUT2D eigenvalue weighted by molar-refractivity contribution is 5.05. The number of rotatable bonds is 5. The van der Waals surface area contributed by atoms with E-state index >= 15 is 0 Å². The van der Waals surface area contributed by atoms with E-state index in [9.17, 15) is 0 Å². The Labute approximate surface area is 128 Å². The number of hydrogen-bond acceptors (Lipinski definition) is 3. The number of aromatic nitrogens is 2. The Morgan fingerprint density at radius 1 is 1.43 bits per heavy atom. The molecule has 2 atom stereocenters. The van der Waals surface area contributed by atoms with Crippen LogP contribution in [0.1, 0.15) is 58.7 Å². The second kappa shape index (κ2) is 5.73. The Kier molecular flexibility index (Phi) is 4.10. The average Bonchev–Trinajstić information content (AvgIpc) is 3.18. The molecule has 1 aromatic heterocycles. The summed E-state index contributed by atoms with van der Waals surface area (Å²) in [7, 11) is 0. The molecule has 118 valence electrons. The van der Waals surface area contributed by atoms with E-state index in [0.29, 0.717) is 12.1 Å². The lowest BCUT2D eigenvalue weighted by Gasteiger charge is -2.46. The quantitative estimate of drug-likeness (QED) is 0.905. The van der Waals surface area contributed by atoms with Crippen molar-refractivity contribution in [2.24, 2.45) is 5.92 Å². The fourth-order valence-corrected chi connectivity index (χ4v) is 3.41. The molecule has 1 aliphatic carbocycles. The summed E-state index contributed by atoms with van der Waals surface area (Å²) in [4.78, 5) is 2.69. The molecule has 2 aliphatic rings. The number of hydrogen-bond donors (Lipinski definition) is 1. The van der Waals surface area contributed by atoms with E-state index in [1.54, 1.807) is 0 Å². The summed E-state index contributed by atoms with van der Waals surface area (Å²) in [5.74, 6) is 0.908. The van der Waals surface area contributed by atoms with Crippen LogP contribution in [-0.4, -0.2) is 39.4 Å². The maximum atomic E-state index is 4.75. The molecule has 1 aliphatic heterocycles. The van der Waals surface area contributed by atoms with Gasteiger partial charge in [0, 0.05) is 43.5 Å². The topological polar surface area (TPSA) is 33.1 Å². The van der Waals surface area contributed by atoms with Crippen molar-refractivity contribution >= 4 is 0 Å². The second-order valence-corrected chi connectivity index (χ2v) is 7.49. The van der Waals surface area contributed by atoms with Crippen LogP contribution in [0.25, 0.3) is 0 Å². The van der Waals surface area contributed by atoms with Gasteiger partial charge in [0.1, 0.15) is 0 Å². The van der Waals surface area contributed by atoms with Crippen molar-refractivity contribution in [3.05, 3.63) is 18.0 Å². The first-order chi connectivity index (χ1) is 10.0. The van der Waals surface area contributed by atoms with Crippen molar-refractivity contribution < 1.29 is 0 Å². The standard InChI is InChI=1S/C17H30N4/c1-5-17(4)12-20(16(10-18-17)14-6-7-14)11-15-8-9-21(19-15)13(2)3/h8-9,13-14,16,18H,5-7,10-12H2,1-4H3. The van der Waals surface area contributed by atoms with Crippen molar-refractivity contribution in [3.63, 3.8) is 0 Å². The number of nitrogens with zero attached hydrogens (tertiary/aromatic N) is 3. The molecule has 2 heterocycles. The normalized spacial score (nSPS) is 31.0. The highest BCUT2D eigenvalue weighted by Crippen LogP contribution is 2.38. The van der Waals surface area contributed by atoms with Crippen LogP contribution >= 0.6 is 0 Å². The molecule has 2 fully saturated rings. The van der Waals surface area contributed by atoms with Crippen LogP contribution in [0.15, 0.2) is 12.3 Å². The molecule has 1 saturated carbocycles. The van der Waals surface area contributed by atoms with Crippen molar-refractivity contribution in [1.82, 2.24) is 20.0 Å². The zero-order chi connectivity index (χ0) is 15.0. The van der Waals surface area contributed by atoms with Gasteiger partial charge in [-0.05, 0) is 52.0 Å². The van der Waals surface area contributed by atoms with Gasteiger partial charge in [0.05, 0.1) is 5.69 Å². The first-order valence-electron chi connectivity index (χ1n) is 8.54. The van der Waals surface area contributed by atoms with Crippen LogP contribution in [0.5, 0.6) is 0 Å². The van der Waals surface area contributed by atoms with Gasteiger partial charge in [0.15, 0.2) is 0 Å². The summed E-state index contributed by atoms with van der Waals surface area (Å²) in [5, 5.41) is 8.53. The largest absolute Gasteiger partial charge is 0.309 e. The highest BCUT2D eigenvalue weighted by atomic mass is 15.3. The van der Waals surface area contributed by atoms with Crippen LogP contribution in [0, 0.1) is 5.92 Å². The molecular weight excluding hydrogens is 260 g/mol. The summed E-state index contributed by atoms with van der Waals surface area (Å²) >= 11 is 0. The van der Waals surface area contributed by atoms with E-state index in [2.05, 4.69) is 54.9 Å². The predicted molar refractivity (Wildman–Crippen MR) is 86.2 cm³/mol. The van der Waals surface area contributed by atoms with Gasteiger partial charge in [-0.2, -0.15) is 5.10 Å². The van der Waals surface area contributed by atoms with E-state index < -0.39 is 0 Å². The molecule has 0 aromatic carbocycles. The van der Waals surface area contributed by atoms with Gasteiger partial charge >= 0.3 is 0 Å². The summed E-state index contributed by atoms with van der Waals surface area (Å²) in [5.41, 5.74) is 1.47. The summed E-state index contributed by atoms with van der Waals surface area (Å²) in [6.07, 6.45) is 6.12. The minimum absolute atomic E-state index is 0.256. The molecule has 0 spiro atoms. The third kappa shape index (κ3) is 3.32. The number of piperazine rings is 1. The van der Waals surface area contributed by atoms with Crippen molar-refractivity contribution in [3.8, 4) is 0 Å². The molecule has 0 amide bonds. The molecular formula is C17H30N4. The fraction of sp³-hybridized carbons (Fsp3) is 0.824. The van der Waals surface area contributed by atoms with Crippen LogP contribution in [0.3, 0.4) is 0 Å². The molecule has 21 heavy (non-hydrogen) atoms. The predicted octanol–water partition coefficient (Wildman–Crippen LogP) is 2.82. The third-order valence-electron chi connectivity index (χ3n) is 5.26. The molecule has 2 unspecified atom stereocenters. The monoisotopic (exact) mass is 290 g/mol. The van der Waals surface area contributed by atoms with Crippen LogP contribution in [-0.2, 0) is 6.54 Å². The summed E-state index contributed by atoms with van der Waals surface area (Å²) in [6.45, 7) is 12.3. The van der Waals surface area contributed by atoms with Crippen LogP contribution < -0.4 is 5.32 Å². The molecule has 4 nitrogen and oxygen atoms in total. The third-order valence-corrected chi connectivity index (χ3v) is 5.26. The Balaban J connectivity index is 1.72. The van der Waals surface area contributed by atoms with E-state index in [4.69, 9.17) is 5.10 Å². The lowest BCUT2D eigenvalue weighted by atomic mass is 9.92. The lowest BCUT2D eigenvalue weighted by molar-refractivity contribution is 0.0649. The Morgan fingerprint density at radius 2 is 2.19 bits per heavy atom. The van der Waals surface area contributed by atoms with Gasteiger partial charge < -0.3 is 5.32 Å². The first-order valence-corrected chi connectivity index (χ1v) is 8.54. The minimum atomic E-state index is 0.256. The number of nitrogens with one attached hydrogen (secondary N) is 1. The van der Waals surface area contributed by atoms with Gasteiger partial charge in [-0.3, -0.25) is 9.58 Å². The maximum Gasteiger partial charge on any atom is 0.0765 e. The Bertz CT molecular complexity index is 477. The van der Waals surface area contributed by atoms with Crippen molar-refractivity contribution in [2.75, 3.05) is 13.1 Å². The van der Waals surface area contributed by atoms with E-state index in [1.807, 2.05) is 0 Å². The second-order valence-electron chi connectivity index (χ2n) is 7.49. The zero-order valence-electron chi connectivity index (χ0n) is 14.0. The van der Waals surface area contributed by atoms with Gasteiger partial charge in [0.25, 0.3) is 0 Å². The van der Waals surface area contributed by atoms with E-state index in [-0.39, 0.29) is 5.54 Å². The first kappa shape index (κ1) is 15.0. The smallest absolute Gasteiger partial charge is 0.0765 e. The van der Waals surface area contributed by atoms with Gasteiger partial charge in [-0.15, -0.1) is 0 Å². The minimum Gasteiger partial charge on any atom is -0.309 e. The summed E-state index contributed by atoms with van der Waals surface area (Å²) in [6, 6.07) is 3.34. The molecule has 0 radical (unpaired) electrons. The molecule has 1 saturated heterocycles. The maximum absolute atomic E-state index is 4.75. The van der Waals surface area contributed by atoms with Crippen molar-refractivity contribution in [2.45, 2.75) is 71.1 Å². The molecule has 0 bridgehead atoms. The van der Waals surface area contributed by atoms with Crippen LogP contribution in [0.2, 0.25) is 0 Å². The zero-order valence-corrected chi connectivity index (χ0v) is 14.0. The molecule has 1 aromatic rings. The Morgan fingerprint density at radius 3 is 2.76 bits per heavy atom. The van der Waals surface area contributed by atoms with E-state index in [0.717, 1.165) is 25.6 Å².